The predicted octanol–water partition coefficient (Wildman–Crippen LogP) is 14.7. The largest absolute Gasteiger partial charge is 0.334 e. The van der Waals surface area contributed by atoms with E-state index in [1.807, 2.05) is 27.7 Å². The molecule has 5 aromatic rings. The highest BCUT2D eigenvalue weighted by Crippen LogP contribution is 2.48. The molecular weight excluding hydrogens is 677 g/mol. The lowest BCUT2D eigenvalue weighted by molar-refractivity contribution is 0.724. The van der Waals surface area contributed by atoms with E-state index in [0.717, 1.165) is 24.8 Å². The van der Waals surface area contributed by atoms with Gasteiger partial charge in [0.15, 0.2) is 0 Å². The number of hydrogen-bond acceptors (Lipinski definition) is 1. The van der Waals surface area contributed by atoms with E-state index in [4.69, 9.17) is 0 Å². The van der Waals surface area contributed by atoms with E-state index in [-0.39, 0.29) is 12.0 Å². The summed E-state index contributed by atoms with van der Waals surface area (Å²) in [5, 5.41) is 1.29. The summed E-state index contributed by atoms with van der Waals surface area (Å²) in [5.74, 6) is 0.214. The van der Waals surface area contributed by atoms with Gasteiger partial charge in [0.2, 0.25) is 0 Å². The summed E-state index contributed by atoms with van der Waals surface area (Å²) >= 11 is 0. The molecule has 3 aliphatic carbocycles. The molecule has 1 aliphatic heterocycles. The first-order valence-corrected chi connectivity index (χ1v) is 20.5. The molecule has 2 heteroatoms. The normalized spacial score (nSPS) is 18.2. The molecule has 4 aliphatic rings. The Hall–Kier alpha value is -6.12. The molecule has 0 fully saturated rings. The lowest BCUT2D eigenvalue weighted by Crippen LogP contribution is -2.32. The minimum atomic E-state index is 0.172. The van der Waals surface area contributed by atoms with Crippen molar-refractivity contribution in [3.63, 3.8) is 0 Å². The van der Waals surface area contributed by atoms with Crippen molar-refractivity contribution < 1.29 is 0 Å². The van der Waals surface area contributed by atoms with Crippen molar-refractivity contribution in [2.45, 2.75) is 65.8 Å². The Bertz CT molecular complexity index is 2450. The van der Waals surface area contributed by atoms with Crippen molar-refractivity contribution >= 4 is 39.5 Å². The van der Waals surface area contributed by atoms with E-state index in [9.17, 15) is 0 Å². The number of anilines is 1. The molecular formula is C54H54N2. The van der Waals surface area contributed by atoms with Crippen molar-refractivity contribution in [1.29, 1.82) is 0 Å². The van der Waals surface area contributed by atoms with E-state index in [1.54, 1.807) is 0 Å². The smallest absolute Gasteiger partial charge is 0.0629 e. The average Bonchev–Trinajstić information content (AvgIpc) is 3.64. The van der Waals surface area contributed by atoms with Crippen molar-refractivity contribution in [2.24, 2.45) is 0 Å². The van der Waals surface area contributed by atoms with E-state index in [0.29, 0.717) is 0 Å². The number of fused-ring (bicyclic) bond motifs is 4. The number of aryl methyl sites for hydroxylation is 1. The zero-order valence-electron chi connectivity index (χ0n) is 33.6. The molecule has 0 spiro atoms. The average molecular weight is 731 g/mol. The quantitative estimate of drug-likeness (QED) is 0.151. The molecule has 9 rings (SSSR count). The summed E-state index contributed by atoms with van der Waals surface area (Å²) < 4.78 is 2.41. The minimum absolute atomic E-state index is 0.172. The number of nitrogens with zero attached hydrogens (tertiary/aromatic N) is 2. The Morgan fingerprint density at radius 2 is 1.41 bits per heavy atom. The second kappa shape index (κ2) is 17.6. The second-order valence-corrected chi connectivity index (χ2v) is 14.1. The Morgan fingerprint density at radius 3 is 2.16 bits per heavy atom. The zero-order valence-corrected chi connectivity index (χ0v) is 33.6. The van der Waals surface area contributed by atoms with Crippen LogP contribution in [0.3, 0.4) is 0 Å². The standard InChI is InChI=1S/C50H42N2.2C2H6/c1-35(26-30-47-36(2)44-22-12-14-24-48(44)51(47)42-20-10-5-11-21-42)39-28-31-50-46(34-39)45-23-13-15-25-49(45)52(50)43-29-27-40(37-16-6-3-7-17-37)32-41(33-43)38-18-8-4-9-19-38;2*1-2/h3-4,6-10,12-26,28-34,46,50H,1,5,11,27H2,2H3;2*1-2H3/b30-26-;;. The van der Waals surface area contributed by atoms with Gasteiger partial charge in [-0.15, -0.1) is 0 Å². The molecule has 2 unspecified atom stereocenters. The van der Waals surface area contributed by atoms with Crippen LogP contribution in [0.15, 0.2) is 193 Å². The molecule has 0 amide bonds. The Kier molecular flexibility index (Phi) is 12.0. The maximum absolute atomic E-state index is 4.61. The topological polar surface area (TPSA) is 8.17 Å². The molecule has 0 saturated heterocycles. The van der Waals surface area contributed by atoms with Gasteiger partial charge >= 0.3 is 0 Å². The maximum Gasteiger partial charge on any atom is 0.0629 e. The molecule has 1 aromatic heterocycles. The first-order chi connectivity index (χ1) is 27.6. The SMILES string of the molecule is C=C(/C=C\c1c(C)c2ccccc2n1C1=CCCC=C1)C1=CC2c3ccccc3N(C3=CCC(c4ccccc4)=CC(c4ccccc4)=C3)C2C=C1.CC.CC. The number of rotatable bonds is 7. The highest BCUT2D eigenvalue weighted by atomic mass is 15.2. The molecule has 2 nitrogen and oxygen atoms in total. The van der Waals surface area contributed by atoms with Gasteiger partial charge in [0.25, 0.3) is 0 Å². The fraction of sp³-hybridized carbons (Fsp3) is 0.185. The monoisotopic (exact) mass is 730 g/mol. The van der Waals surface area contributed by atoms with Crippen LogP contribution < -0.4 is 4.90 Å². The molecule has 2 heterocycles. The molecule has 0 radical (unpaired) electrons. The summed E-state index contributed by atoms with van der Waals surface area (Å²) in [4.78, 5) is 2.56. The number of benzene rings is 4. The molecule has 0 saturated carbocycles. The van der Waals surface area contributed by atoms with Crippen molar-refractivity contribution in [3.8, 4) is 0 Å². The summed E-state index contributed by atoms with van der Waals surface area (Å²) in [6.07, 6.45) is 28.7. The maximum atomic E-state index is 4.61. The van der Waals surface area contributed by atoms with Gasteiger partial charge in [0, 0.05) is 34.1 Å². The van der Waals surface area contributed by atoms with Crippen LogP contribution in [0, 0.1) is 6.92 Å². The molecule has 2 atom stereocenters. The predicted molar refractivity (Wildman–Crippen MR) is 244 cm³/mol. The molecule has 280 valence electrons. The Balaban J connectivity index is 0.00000117. The van der Waals surface area contributed by atoms with Gasteiger partial charge in [0.05, 0.1) is 11.6 Å². The van der Waals surface area contributed by atoms with Gasteiger partial charge < -0.3 is 9.47 Å². The number of allylic oxidation sites excluding steroid dienone is 13. The van der Waals surface area contributed by atoms with Crippen LogP contribution in [-0.4, -0.2) is 10.6 Å². The third kappa shape index (κ3) is 7.45. The van der Waals surface area contributed by atoms with Crippen LogP contribution in [-0.2, 0) is 0 Å². The molecule has 0 N–H and O–H groups in total. The van der Waals surface area contributed by atoms with Crippen LogP contribution >= 0.6 is 0 Å². The Labute approximate surface area is 334 Å². The van der Waals surface area contributed by atoms with Gasteiger partial charge in [-0.1, -0.05) is 180 Å². The Morgan fingerprint density at radius 1 is 0.714 bits per heavy atom. The van der Waals surface area contributed by atoms with Crippen LogP contribution in [0.1, 0.15) is 80.8 Å². The van der Waals surface area contributed by atoms with Crippen molar-refractivity contribution in [3.05, 3.63) is 221 Å². The van der Waals surface area contributed by atoms with Gasteiger partial charge in [-0.05, 0) is 101 Å². The van der Waals surface area contributed by atoms with Gasteiger partial charge in [-0.2, -0.15) is 0 Å². The van der Waals surface area contributed by atoms with E-state index in [2.05, 4.69) is 199 Å². The lowest BCUT2D eigenvalue weighted by Gasteiger charge is -2.31. The van der Waals surface area contributed by atoms with Crippen LogP contribution in [0.4, 0.5) is 5.69 Å². The first-order valence-electron chi connectivity index (χ1n) is 20.5. The summed E-state index contributed by atoms with van der Waals surface area (Å²) in [7, 11) is 0. The first kappa shape index (κ1) is 38.2. The third-order valence-corrected chi connectivity index (χ3v) is 11.0. The van der Waals surface area contributed by atoms with Crippen LogP contribution in [0.5, 0.6) is 0 Å². The van der Waals surface area contributed by atoms with Gasteiger partial charge in [0.1, 0.15) is 0 Å². The van der Waals surface area contributed by atoms with E-state index < -0.39 is 0 Å². The lowest BCUT2D eigenvalue weighted by atomic mass is 9.86. The molecule has 4 aromatic carbocycles. The third-order valence-electron chi connectivity index (χ3n) is 11.0. The van der Waals surface area contributed by atoms with Crippen molar-refractivity contribution in [1.82, 2.24) is 4.57 Å². The fourth-order valence-electron chi connectivity index (χ4n) is 8.34. The fourth-order valence-corrected chi connectivity index (χ4v) is 8.34. The van der Waals surface area contributed by atoms with Crippen molar-refractivity contribution in [2.75, 3.05) is 4.90 Å². The van der Waals surface area contributed by atoms with E-state index in [1.165, 1.54) is 72.7 Å². The summed E-state index contributed by atoms with van der Waals surface area (Å²) in [5.41, 5.74) is 16.1. The zero-order chi connectivity index (χ0) is 39.0. The number of hydrogen-bond donors (Lipinski definition) is 0. The van der Waals surface area contributed by atoms with Crippen LogP contribution in [0.2, 0.25) is 0 Å². The van der Waals surface area contributed by atoms with E-state index >= 15 is 0 Å². The number of aromatic nitrogens is 1. The molecule has 56 heavy (non-hydrogen) atoms. The second-order valence-electron chi connectivity index (χ2n) is 14.1. The van der Waals surface area contributed by atoms with Gasteiger partial charge in [-0.25, -0.2) is 0 Å². The van der Waals surface area contributed by atoms with Gasteiger partial charge in [-0.3, -0.25) is 0 Å². The number of para-hydroxylation sites is 2. The highest BCUT2D eigenvalue weighted by Gasteiger charge is 2.39. The highest BCUT2D eigenvalue weighted by molar-refractivity contribution is 5.93. The minimum Gasteiger partial charge on any atom is -0.334 e. The van der Waals surface area contributed by atoms with Crippen LogP contribution in [0.25, 0.3) is 33.8 Å². The summed E-state index contributed by atoms with van der Waals surface area (Å²) in [6, 6.07) is 39.4. The molecule has 0 bridgehead atoms. The summed E-state index contributed by atoms with van der Waals surface area (Å²) in [6.45, 7) is 14.8.